The number of carbonyl (C=O) groups is 1. The van der Waals surface area contributed by atoms with Gasteiger partial charge in [-0.1, -0.05) is 60.7 Å². The molecule has 3 aromatic carbocycles. The number of fused-ring (bicyclic) bond motifs is 1. The third kappa shape index (κ3) is 3.01. The lowest BCUT2D eigenvalue weighted by Crippen LogP contribution is -2.14. The summed E-state index contributed by atoms with van der Waals surface area (Å²) in [6, 6.07) is 22.4. The zero-order chi connectivity index (χ0) is 15.4. The Bertz CT molecular complexity index is 793. The number of nitrogens with two attached hydrogens (primary N) is 1. The van der Waals surface area contributed by atoms with Crippen molar-refractivity contribution in [2.24, 2.45) is 5.73 Å². The summed E-state index contributed by atoms with van der Waals surface area (Å²) in [6.45, 7) is 0. The van der Waals surface area contributed by atoms with Crippen molar-refractivity contribution in [1.82, 2.24) is 0 Å². The van der Waals surface area contributed by atoms with Crippen molar-refractivity contribution >= 4 is 16.7 Å². The molecule has 0 aliphatic rings. The highest BCUT2D eigenvalue weighted by molar-refractivity contribution is 6.00. The van der Waals surface area contributed by atoms with E-state index in [2.05, 4.69) is 36.4 Å². The van der Waals surface area contributed by atoms with E-state index in [4.69, 9.17) is 5.73 Å². The minimum absolute atomic E-state index is 0.347. The fourth-order valence-corrected chi connectivity index (χ4v) is 2.95. The van der Waals surface area contributed by atoms with Crippen LogP contribution in [0.4, 0.5) is 0 Å². The van der Waals surface area contributed by atoms with Gasteiger partial charge in [0, 0.05) is 5.56 Å². The summed E-state index contributed by atoms with van der Waals surface area (Å²) in [6.07, 6.45) is 2.86. The molecule has 3 rings (SSSR count). The number of rotatable bonds is 5. The Kier molecular flexibility index (Phi) is 4.19. The molecule has 2 N–H and O–H groups in total. The van der Waals surface area contributed by atoms with Gasteiger partial charge < -0.3 is 5.73 Å². The van der Waals surface area contributed by atoms with E-state index in [1.165, 1.54) is 5.56 Å². The van der Waals surface area contributed by atoms with Crippen LogP contribution in [0.1, 0.15) is 27.9 Å². The molecular formula is C20H19NO. The Labute approximate surface area is 130 Å². The minimum atomic E-state index is -0.347. The van der Waals surface area contributed by atoms with Crippen LogP contribution >= 0.6 is 0 Å². The second kappa shape index (κ2) is 6.44. The van der Waals surface area contributed by atoms with Gasteiger partial charge in [0.1, 0.15) is 0 Å². The van der Waals surface area contributed by atoms with E-state index >= 15 is 0 Å². The quantitative estimate of drug-likeness (QED) is 0.754. The van der Waals surface area contributed by atoms with Gasteiger partial charge in [-0.3, -0.25) is 4.79 Å². The fraction of sp³-hybridized carbons (Fsp3) is 0.150. The third-order valence-electron chi connectivity index (χ3n) is 4.04. The van der Waals surface area contributed by atoms with Crippen molar-refractivity contribution in [3.05, 3.63) is 83.4 Å². The van der Waals surface area contributed by atoms with Crippen LogP contribution in [0, 0.1) is 0 Å². The molecule has 3 aromatic rings. The Hall–Kier alpha value is -2.61. The Morgan fingerprint density at radius 1 is 0.818 bits per heavy atom. The molecule has 0 fully saturated rings. The first-order valence-corrected chi connectivity index (χ1v) is 7.60. The summed E-state index contributed by atoms with van der Waals surface area (Å²) in [5, 5.41) is 2.29. The predicted octanol–water partition coefficient (Wildman–Crippen LogP) is 4.11. The van der Waals surface area contributed by atoms with Crippen molar-refractivity contribution in [3.8, 4) is 0 Å². The van der Waals surface area contributed by atoms with Gasteiger partial charge in [-0.2, -0.15) is 0 Å². The van der Waals surface area contributed by atoms with Crippen molar-refractivity contribution < 1.29 is 4.79 Å². The summed E-state index contributed by atoms with van der Waals surface area (Å²) in [7, 11) is 0. The summed E-state index contributed by atoms with van der Waals surface area (Å²) in [5.41, 5.74) is 8.59. The Balaban J connectivity index is 1.88. The first-order valence-electron chi connectivity index (χ1n) is 7.60. The molecule has 0 bridgehead atoms. The van der Waals surface area contributed by atoms with E-state index in [-0.39, 0.29) is 5.91 Å². The molecule has 2 heteroatoms. The van der Waals surface area contributed by atoms with Crippen LogP contribution in [0.15, 0.2) is 66.7 Å². The lowest BCUT2D eigenvalue weighted by atomic mass is 9.94. The first kappa shape index (κ1) is 14.3. The molecule has 22 heavy (non-hydrogen) atoms. The lowest BCUT2D eigenvalue weighted by Gasteiger charge is -2.11. The number of primary amides is 1. The molecule has 0 spiro atoms. The SMILES string of the molecule is NC(=O)c1ccc2ccccc2c1CCCc1ccccc1. The smallest absolute Gasteiger partial charge is 0.248 e. The molecule has 2 nitrogen and oxygen atoms in total. The van der Waals surface area contributed by atoms with E-state index in [9.17, 15) is 4.79 Å². The number of hydrogen-bond acceptors (Lipinski definition) is 1. The molecule has 0 aliphatic heterocycles. The lowest BCUT2D eigenvalue weighted by molar-refractivity contribution is 0.0999. The standard InChI is InChI=1S/C20H19NO/c21-20(22)19-14-13-16-10-4-5-11-17(16)18(19)12-6-9-15-7-2-1-3-8-15/h1-5,7-8,10-11,13-14H,6,9,12H2,(H2,21,22). The highest BCUT2D eigenvalue weighted by Gasteiger charge is 2.11. The average Bonchev–Trinajstić information content (AvgIpc) is 2.55. The number of amides is 1. The molecule has 110 valence electrons. The largest absolute Gasteiger partial charge is 0.366 e. The zero-order valence-corrected chi connectivity index (χ0v) is 12.5. The highest BCUT2D eigenvalue weighted by atomic mass is 16.1. The molecule has 0 unspecified atom stereocenters. The van der Waals surface area contributed by atoms with Crippen molar-refractivity contribution in [2.75, 3.05) is 0 Å². The molecule has 0 saturated heterocycles. The van der Waals surface area contributed by atoms with E-state index in [1.807, 2.05) is 30.3 Å². The highest BCUT2D eigenvalue weighted by Crippen LogP contribution is 2.24. The van der Waals surface area contributed by atoms with Gasteiger partial charge in [-0.25, -0.2) is 0 Å². The fourth-order valence-electron chi connectivity index (χ4n) is 2.95. The van der Waals surface area contributed by atoms with Crippen LogP contribution in [-0.2, 0) is 12.8 Å². The van der Waals surface area contributed by atoms with Crippen LogP contribution in [0.25, 0.3) is 10.8 Å². The minimum Gasteiger partial charge on any atom is -0.366 e. The third-order valence-corrected chi connectivity index (χ3v) is 4.04. The van der Waals surface area contributed by atoms with Gasteiger partial charge >= 0.3 is 0 Å². The van der Waals surface area contributed by atoms with Gasteiger partial charge in [0.2, 0.25) is 5.91 Å². The summed E-state index contributed by atoms with van der Waals surface area (Å²) >= 11 is 0. The molecule has 0 saturated carbocycles. The first-order chi connectivity index (χ1) is 10.8. The van der Waals surface area contributed by atoms with Crippen molar-refractivity contribution in [1.29, 1.82) is 0 Å². The van der Waals surface area contributed by atoms with Gasteiger partial charge in [0.05, 0.1) is 0 Å². The topological polar surface area (TPSA) is 43.1 Å². The molecule has 0 aromatic heterocycles. The number of carbonyl (C=O) groups excluding carboxylic acids is 1. The Morgan fingerprint density at radius 3 is 2.32 bits per heavy atom. The predicted molar refractivity (Wildman–Crippen MR) is 90.9 cm³/mol. The number of aryl methyl sites for hydroxylation is 2. The maximum atomic E-state index is 11.7. The van der Waals surface area contributed by atoms with E-state index in [1.54, 1.807) is 0 Å². The van der Waals surface area contributed by atoms with E-state index in [0.29, 0.717) is 5.56 Å². The molecular weight excluding hydrogens is 270 g/mol. The van der Waals surface area contributed by atoms with Gasteiger partial charge in [0.15, 0.2) is 0 Å². The molecule has 0 heterocycles. The average molecular weight is 289 g/mol. The summed E-state index contributed by atoms with van der Waals surface area (Å²) in [4.78, 5) is 11.7. The van der Waals surface area contributed by atoms with Crippen LogP contribution in [0.2, 0.25) is 0 Å². The molecule has 0 atom stereocenters. The van der Waals surface area contributed by atoms with Gasteiger partial charge in [-0.15, -0.1) is 0 Å². The maximum Gasteiger partial charge on any atom is 0.248 e. The summed E-state index contributed by atoms with van der Waals surface area (Å²) < 4.78 is 0. The monoisotopic (exact) mass is 289 g/mol. The van der Waals surface area contributed by atoms with Gasteiger partial charge in [-0.05, 0) is 47.2 Å². The van der Waals surface area contributed by atoms with E-state index in [0.717, 1.165) is 35.6 Å². The maximum absolute atomic E-state index is 11.7. The number of benzene rings is 3. The zero-order valence-electron chi connectivity index (χ0n) is 12.5. The van der Waals surface area contributed by atoms with E-state index < -0.39 is 0 Å². The molecule has 0 aliphatic carbocycles. The number of hydrogen-bond donors (Lipinski definition) is 1. The van der Waals surface area contributed by atoms with Crippen molar-refractivity contribution in [2.45, 2.75) is 19.3 Å². The van der Waals surface area contributed by atoms with Crippen LogP contribution in [0.3, 0.4) is 0 Å². The second-order valence-corrected chi connectivity index (χ2v) is 5.52. The van der Waals surface area contributed by atoms with Crippen LogP contribution in [-0.4, -0.2) is 5.91 Å². The van der Waals surface area contributed by atoms with Crippen LogP contribution in [0.5, 0.6) is 0 Å². The normalized spacial score (nSPS) is 10.7. The Morgan fingerprint density at radius 2 is 1.55 bits per heavy atom. The summed E-state index contributed by atoms with van der Waals surface area (Å²) in [5.74, 6) is -0.347. The van der Waals surface area contributed by atoms with Crippen LogP contribution < -0.4 is 5.73 Å². The second-order valence-electron chi connectivity index (χ2n) is 5.52. The van der Waals surface area contributed by atoms with Crippen molar-refractivity contribution in [3.63, 3.8) is 0 Å². The molecule has 1 amide bonds. The van der Waals surface area contributed by atoms with Gasteiger partial charge in [0.25, 0.3) is 0 Å². The molecule has 0 radical (unpaired) electrons.